The molecule has 1 aliphatic rings. The smallest absolute Gasteiger partial charge is 0.255 e. The lowest BCUT2D eigenvalue weighted by Crippen LogP contribution is -2.64. The van der Waals surface area contributed by atoms with Crippen LogP contribution in [0.4, 0.5) is 0 Å². The number of carbonyl (C=O) groups is 1. The monoisotopic (exact) mass is 247 g/mol. The van der Waals surface area contributed by atoms with Crippen molar-refractivity contribution in [2.24, 2.45) is 0 Å². The number of nitrogens with one attached hydrogen (secondary N) is 2. The number of amides is 1. The fourth-order valence-electron chi connectivity index (χ4n) is 1.89. The zero-order valence-electron chi connectivity index (χ0n) is 9.63. The van der Waals surface area contributed by atoms with Gasteiger partial charge in [0.05, 0.1) is 23.5 Å². The van der Waals surface area contributed by atoms with Crippen LogP contribution in [0, 0.1) is 0 Å². The topological polar surface area (TPSA) is 91.5 Å². The van der Waals surface area contributed by atoms with E-state index in [1.807, 2.05) is 0 Å². The van der Waals surface area contributed by atoms with Crippen molar-refractivity contribution in [3.63, 3.8) is 0 Å². The highest BCUT2D eigenvalue weighted by Gasteiger charge is 2.34. The predicted octanol–water partition coefficient (Wildman–Crippen LogP) is -1.21. The van der Waals surface area contributed by atoms with Gasteiger partial charge >= 0.3 is 0 Å². The van der Waals surface area contributed by atoms with E-state index >= 15 is 0 Å². The molecule has 3 N–H and O–H groups in total. The Morgan fingerprint density at radius 2 is 2.39 bits per heavy atom. The first-order valence-corrected chi connectivity index (χ1v) is 5.67. The lowest BCUT2D eigenvalue weighted by atomic mass is 9.97. The van der Waals surface area contributed by atoms with Gasteiger partial charge in [-0.3, -0.25) is 9.78 Å². The van der Waals surface area contributed by atoms with Gasteiger partial charge in [0.15, 0.2) is 0 Å². The Hall–Kier alpha value is -1.99. The number of nitrogens with zero attached hydrogens (tertiary/aromatic N) is 3. The number of carbonyl (C=O) groups excluding carboxylic acids is 1. The summed E-state index contributed by atoms with van der Waals surface area (Å²) in [5.74, 6) is -0.252. The molecular formula is C11H13N5O2. The summed E-state index contributed by atoms with van der Waals surface area (Å²) in [6.07, 6.45) is 6.36. The number of hydrogen-bond acceptors (Lipinski definition) is 5. The van der Waals surface area contributed by atoms with Gasteiger partial charge in [0.1, 0.15) is 5.60 Å². The summed E-state index contributed by atoms with van der Waals surface area (Å²) in [6, 6.07) is 0. The second kappa shape index (κ2) is 4.04. The van der Waals surface area contributed by atoms with Crippen molar-refractivity contribution in [2.75, 3.05) is 19.6 Å². The van der Waals surface area contributed by atoms with E-state index in [1.165, 1.54) is 6.20 Å². The lowest BCUT2D eigenvalue weighted by molar-refractivity contribution is -0.00758. The fraction of sp³-hybridized carbons (Fsp3) is 0.364. The molecule has 0 saturated carbocycles. The molecule has 0 aliphatic carbocycles. The van der Waals surface area contributed by atoms with Gasteiger partial charge in [0.25, 0.3) is 5.91 Å². The fourth-order valence-corrected chi connectivity index (χ4v) is 1.89. The largest absolute Gasteiger partial charge is 0.385 e. The number of aliphatic hydroxyl groups is 1. The Labute approximate surface area is 103 Å². The number of fused-ring (bicyclic) bond motifs is 1. The maximum Gasteiger partial charge on any atom is 0.255 e. The summed E-state index contributed by atoms with van der Waals surface area (Å²) in [6.45, 7) is 1.24. The van der Waals surface area contributed by atoms with E-state index in [4.69, 9.17) is 0 Å². The Kier molecular flexibility index (Phi) is 2.49. The average Bonchev–Trinajstić information content (AvgIpc) is 2.77. The molecule has 0 bridgehead atoms. The zero-order valence-corrected chi connectivity index (χ0v) is 9.63. The maximum absolute atomic E-state index is 12.0. The average molecular weight is 247 g/mol. The maximum atomic E-state index is 12.0. The highest BCUT2D eigenvalue weighted by molar-refractivity contribution is 6.00. The van der Waals surface area contributed by atoms with Gasteiger partial charge in [0.2, 0.25) is 0 Å². The van der Waals surface area contributed by atoms with E-state index in [2.05, 4.69) is 20.7 Å². The van der Waals surface area contributed by atoms with Crippen LogP contribution in [-0.4, -0.2) is 50.8 Å². The third-order valence-electron chi connectivity index (χ3n) is 3.06. The minimum absolute atomic E-state index is 0.233. The molecular weight excluding hydrogens is 234 g/mol. The van der Waals surface area contributed by atoms with Crippen LogP contribution in [-0.2, 0) is 0 Å². The SMILES string of the molecule is O=C(NCC1(O)CNC1)c1cnn2ccncc12. The number of rotatable bonds is 3. The van der Waals surface area contributed by atoms with Gasteiger partial charge in [-0.05, 0) is 0 Å². The standard InChI is InChI=1S/C11H13N5O2/c17-10(14-7-11(18)5-13-6-11)8-3-15-16-2-1-12-4-9(8)16/h1-4,13,18H,5-7H2,(H,14,17). The van der Waals surface area contributed by atoms with Crippen molar-refractivity contribution in [3.8, 4) is 0 Å². The molecule has 0 radical (unpaired) electrons. The normalized spacial score (nSPS) is 17.4. The Morgan fingerprint density at radius 3 is 3.11 bits per heavy atom. The van der Waals surface area contributed by atoms with Gasteiger partial charge in [-0.2, -0.15) is 5.10 Å². The second-order valence-electron chi connectivity index (χ2n) is 4.47. The van der Waals surface area contributed by atoms with Crippen molar-refractivity contribution >= 4 is 11.4 Å². The number of aromatic nitrogens is 3. The van der Waals surface area contributed by atoms with E-state index in [9.17, 15) is 9.90 Å². The molecule has 0 unspecified atom stereocenters. The summed E-state index contributed by atoms with van der Waals surface area (Å²) in [5.41, 5.74) is 0.282. The molecule has 2 aromatic heterocycles. The van der Waals surface area contributed by atoms with E-state index in [0.29, 0.717) is 24.2 Å². The third kappa shape index (κ3) is 1.83. The summed E-state index contributed by atoms with van der Waals surface area (Å²) in [5, 5.41) is 19.6. The van der Waals surface area contributed by atoms with E-state index in [0.717, 1.165) is 0 Å². The highest BCUT2D eigenvalue weighted by atomic mass is 16.3. The first-order valence-electron chi connectivity index (χ1n) is 5.67. The summed E-state index contributed by atoms with van der Waals surface area (Å²) >= 11 is 0. The summed E-state index contributed by atoms with van der Waals surface area (Å²) in [4.78, 5) is 15.9. The van der Waals surface area contributed by atoms with Crippen LogP contribution in [0.5, 0.6) is 0 Å². The van der Waals surface area contributed by atoms with E-state index in [1.54, 1.807) is 23.1 Å². The van der Waals surface area contributed by atoms with Crippen LogP contribution in [0.25, 0.3) is 5.52 Å². The second-order valence-corrected chi connectivity index (χ2v) is 4.47. The van der Waals surface area contributed by atoms with Crippen molar-refractivity contribution in [1.29, 1.82) is 0 Å². The van der Waals surface area contributed by atoms with Crippen molar-refractivity contribution < 1.29 is 9.90 Å². The molecule has 3 heterocycles. The molecule has 7 heteroatoms. The van der Waals surface area contributed by atoms with Crippen LogP contribution in [0.1, 0.15) is 10.4 Å². The first kappa shape index (κ1) is 11.1. The van der Waals surface area contributed by atoms with Crippen molar-refractivity contribution in [2.45, 2.75) is 5.60 Å². The van der Waals surface area contributed by atoms with Crippen LogP contribution >= 0.6 is 0 Å². The third-order valence-corrected chi connectivity index (χ3v) is 3.06. The van der Waals surface area contributed by atoms with Gasteiger partial charge in [-0.15, -0.1) is 0 Å². The number of hydrogen-bond donors (Lipinski definition) is 3. The minimum atomic E-state index is -0.823. The molecule has 94 valence electrons. The van der Waals surface area contributed by atoms with Crippen molar-refractivity contribution in [3.05, 3.63) is 30.4 Å². The van der Waals surface area contributed by atoms with E-state index < -0.39 is 5.60 Å². The highest BCUT2D eigenvalue weighted by Crippen LogP contribution is 2.11. The molecule has 1 fully saturated rings. The van der Waals surface area contributed by atoms with Gasteiger partial charge in [-0.25, -0.2) is 4.52 Å². The van der Waals surface area contributed by atoms with E-state index in [-0.39, 0.29) is 12.5 Å². The molecule has 2 aromatic rings. The van der Waals surface area contributed by atoms with Gasteiger partial charge in [0, 0.05) is 32.0 Å². The number of β-amino-alcohol motifs (C(OH)–C–C–N with tert-alkyl or cyclic N) is 1. The molecule has 7 nitrogen and oxygen atoms in total. The Morgan fingerprint density at radius 1 is 1.56 bits per heavy atom. The summed E-state index contributed by atoms with van der Waals surface area (Å²) in [7, 11) is 0. The van der Waals surface area contributed by atoms with Gasteiger partial charge in [-0.1, -0.05) is 0 Å². The molecule has 0 spiro atoms. The van der Waals surface area contributed by atoms with Crippen LogP contribution in [0.15, 0.2) is 24.8 Å². The molecule has 1 amide bonds. The molecule has 1 aliphatic heterocycles. The summed E-state index contributed by atoms with van der Waals surface area (Å²) < 4.78 is 1.58. The Balaban J connectivity index is 1.75. The zero-order chi connectivity index (χ0) is 12.6. The quantitative estimate of drug-likeness (QED) is 0.633. The molecule has 1 saturated heterocycles. The Bertz CT molecular complexity index is 590. The first-order chi connectivity index (χ1) is 8.68. The molecule has 18 heavy (non-hydrogen) atoms. The predicted molar refractivity (Wildman–Crippen MR) is 63.1 cm³/mol. The molecule has 3 rings (SSSR count). The minimum Gasteiger partial charge on any atom is -0.385 e. The lowest BCUT2D eigenvalue weighted by Gasteiger charge is -2.37. The van der Waals surface area contributed by atoms with Gasteiger partial charge < -0.3 is 15.7 Å². The molecule has 0 aromatic carbocycles. The van der Waals surface area contributed by atoms with Crippen LogP contribution in [0.3, 0.4) is 0 Å². The van der Waals surface area contributed by atoms with Crippen LogP contribution < -0.4 is 10.6 Å². The van der Waals surface area contributed by atoms with Crippen LogP contribution in [0.2, 0.25) is 0 Å². The van der Waals surface area contributed by atoms with Crippen molar-refractivity contribution in [1.82, 2.24) is 25.2 Å². The molecule has 0 atom stereocenters.